The molecule has 0 atom stereocenters. The summed E-state index contributed by atoms with van der Waals surface area (Å²) in [6.07, 6.45) is 1.17. The van der Waals surface area contributed by atoms with Gasteiger partial charge in [0.1, 0.15) is 29.8 Å². The maximum Gasteiger partial charge on any atom is 0.332 e. The van der Waals surface area contributed by atoms with Crippen LogP contribution >= 0.6 is 0 Å². The number of aromatic amines is 1. The predicted octanol–water partition coefficient (Wildman–Crippen LogP) is 2.12. The van der Waals surface area contributed by atoms with Crippen LogP contribution in [0.2, 0.25) is 0 Å². The van der Waals surface area contributed by atoms with Crippen LogP contribution in [-0.4, -0.2) is 9.55 Å². The number of hydrogen-bond donors (Lipinski definition) is 1. The average molecular weight is 337 g/mol. The monoisotopic (exact) mass is 337 g/mol. The first-order chi connectivity index (χ1) is 12.1. The molecule has 1 aromatic heterocycles. The second-order valence-corrected chi connectivity index (χ2v) is 5.20. The Hall–Kier alpha value is -3.66. The van der Waals surface area contributed by atoms with Crippen LogP contribution in [0.1, 0.15) is 11.1 Å². The Kier molecular flexibility index (Phi) is 4.44. The topological polar surface area (TPSA) is 87.9 Å². The average Bonchev–Trinajstić information content (AvgIpc) is 2.60. The maximum absolute atomic E-state index is 13.2. The lowest BCUT2D eigenvalue weighted by atomic mass is 10.2. The van der Waals surface area contributed by atoms with Gasteiger partial charge < -0.3 is 4.74 Å². The van der Waals surface area contributed by atoms with Gasteiger partial charge in [-0.15, -0.1) is 0 Å². The van der Waals surface area contributed by atoms with Gasteiger partial charge in [0.05, 0.1) is 5.69 Å². The summed E-state index contributed by atoms with van der Waals surface area (Å²) in [5, 5.41) is 8.93. The molecule has 3 aromatic rings. The van der Waals surface area contributed by atoms with Crippen LogP contribution in [0, 0.1) is 17.1 Å². The smallest absolute Gasteiger partial charge is 0.332 e. The van der Waals surface area contributed by atoms with E-state index in [4.69, 9.17) is 10.00 Å². The number of aromatic nitrogens is 2. The molecular weight excluding hydrogens is 325 g/mol. The summed E-state index contributed by atoms with van der Waals surface area (Å²) in [6.45, 7) is 0.158. The minimum atomic E-state index is -0.734. The highest BCUT2D eigenvalue weighted by Crippen LogP contribution is 2.17. The van der Waals surface area contributed by atoms with Crippen molar-refractivity contribution in [3.63, 3.8) is 0 Å². The molecule has 0 spiro atoms. The van der Waals surface area contributed by atoms with E-state index in [1.165, 1.54) is 18.3 Å². The highest BCUT2D eigenvalue weighted by Gasteiger charge is 2.07. The largest absolute Gasteiger partial charge is 0.489 e. The van der Waals surface area contributed by atoms with Gasteiger partial charge in [0.2, 0.25) is 0 Å². The molecule has 0 unspecified atom stereocenters. The van der Waals surface area contributed by atoms with Crippen LogP contribution in [0.15, 0.2) is 64.3 Å². The molecule has 0 bridgehead atoms. The van der Waals surface area contributed by atoms with Crippen molar-refractivity contribution in [2.75, 3.05) is 0 Å². The molecule has 0 amide bonds. The summed E-state index contributed by atoms with van der Waals surface area (Å²) < 4.78 is 19.9. The number of halogens is 1. The molecule has 0 saturated heterocycles. The Labute approximate surface area is 141 Å². The maximum atomic E-state index is 13.2. The number of ether oxygens (including phenoxy) is 1. The molecule has 0 saturated carbocycles. The van der Waals surface area contributed by atoms with Gasteiger partial charge in [0.25, 0.3) is 5.56 Å². The lowest BCUT2D eigenvalue weighted by Gasteiger charge is -2.10. The van der Waals surface area contributed by atoms with E-state index in [0.717, 1.165) is 4.57 Å². The van der Waals surface area contributed by atoms with Gasteiger partial charge in [0, 0.05) is 12.3 Å². The molecule has 7 heteroatoms. The standard InChI is InChI=1S/C18H12FN3O3/c19-14-4-1-3-12(7-14)11-25-16-6-2-5-15(8-16)22-10-13(9-20)17(23)21-18(22)24/h1-8,10H,11H2,(H,21,23,24). The molecule has 0 radical (unpaired) electrons. The molecule has 1 heterocycles. The first-order valence-corrected chi connectivity index (χ1v) is 7.30. The van der Waals surface area contributed by atoms with Gasteiger partial charge >= 0.3 is 5.69 Å². The van der Waals surface area contributed by atoms with Crippen LogP contribution in [0.5, 0.6) is 5.75 Å². The highest BCUT2D eigenvalue weighted by atomic mass is 19.1. The zero-order valence-corrected chi connectivity index (χ0v) is 12.9. The van der Waals surface area contributed by atoms with Crippen molar-refractivity contribution >= 4 is 0 Å². The van der Waals surface area contributed by atoms with E-state index < -0.39 is 11.2 Å². The molecule has 0 aliphatic carbocycles. The van der Waals surface area contributed by atoms with Gasteiger partial charge in [-0.1, -0.05) is 18.2 Å². The number of benzene rings is 2. The molecule has 0 aliphatic rings. The molecule has 124 valence electrons. The van der Waals surface area contributed by atoms with E-state index in [2.05, 4.69) is 4.98 Å². The van der Waals surface area contributed by atoms with Crippen molar-refractivity contribution in [1.82, 2.24) is 9.55 Å². The molecule has 2 aromatic carbocycles. The van der Waals surface area contributed by atoms with Crippen molar-refractivity contribution in [2.45, 2.75) is 6.61 Å². The summed E-state index contributed by atoms with van der Waals surface area (Å²) in [4.78, 5) is 25.5. The summed E-state index contributed by atoms with van der Waals surface area (Å²) in [5.41, 5.74) is -0.480. The molecular formula is C18H12FN3O3. The Morgan fingerprint density at radius 2 is 1.96 bits per heavy atom. The summed E-state index contributed by atoms with van der Waals surface area (Å²) in [6, 6.07) is 14.3. The Morgan fingerprint density at radius 3 is 2.72 bits per heavy atom. The Morgan fingerprint density at radius 1 is 1.16 bits per heavy atom. The number of nitrogens with one attached hydrogen (secondary N) is 1. The number of H-pyrrole nitrogens is 1. The molecule has 1 N–H and O–H groups in total. The lowest BCUT2D eigenvalue weighted by molar-refractivity contribution is 0.305. The van der Waals surface area contributed by atoms with E-state index in [9.17, 15) is 14.0 Å². The van der Waals surface area contributed by atoms with Crippen molar-refractivity contribution in [2.24, 2.45) is 0 Å². The Balaban J connectivity index is 1.88. The first kappa shape index (κ1) is 16.2. The zero-order valence-electron chi connectivity index (χ0n) is 12.9. The SMILES string of the molecule is N#Cc1cn(-c2cccc(OCc3cccc(F)c3)c2)c(=O)[nH]c1=O. The second-order valence-electron chi connectivity index (χ2n) is 5.20. The van der Waals surface area contributed by atoms with Gasteiger partial charge in [-0.25, -0.2) is 9.18 Å². The van der Waals surface area contributed by atoms with Gasteiger partial charge in [-0.3, -0.25) is 14.3 Å². The number of nitriles is 1. The van der Waals surface area contributed by atoms with Crippen molar-refractivity contribution in [3.05, 3.63) is 92.5 Å². The van der Waals surface area contributed by atoms with E-state index in [0.29, 0.717) is 17.0 Å². The van der Waals surface area contributed by atoms with Crippen molar-refractivity contribution < 1.29 is 9.13 Å². The minimum absolute atomic E-state index is 0.158. The summed E-state index contributed by atoms with van der Waals surface area (Å²) in [5.74, 6) is 0.108. The van der Waals surface area contributed by atoms with Crippen LogP contribution in [0.3, 0.4) is 0 Å². The second kappa shape index (κ2) is 6.84. The molecule has 0 aliphatic heterocycles. The molecule has 0 fully saturated rings. The number of nitrogens with zero attached hydrogens (tertiary/aromatic N) is 2. The molecule has 6 nitrogen and oxygen atoms in total. The fraction of sp³-hybridized carbons (Fsp3) is 0.0556. The highest BCUT2D eigenvalue weighted by molar-refractivity contribution is 5.40. The quantitative estimate of drug-likeness (QED) is 0.790. The van der Waals surface area contributed by atoms with Crippen LogP contribution in [0.25, 0.3) is 5.69 Å². The first-order valence-electron chi connectivity index (χ1n) is 7.30. The molecule has 3 rings (SSSR count). The Bertz CT molecular complexity index is 1080. The number of hydrogen-bond acceptors (Lipinski definition) is 4. The van der Waals surface area contributed by atoms with E-state index in [1.54, 1.807) is 42.5 Å². The van der Waals surface area contributed by atoms with Crippen molar-refractivity contribution in [3.8, 4) is 17.5 Å². The van der Waals surface area contributed by atoms with E-state index in [-0.39, 0.29) is 18.0 Å². The fourth-order valence-corrected chi connectivity index (χ4v) is 2.26. The molecule has 25 heavy (non-hydrogen) atoms. The lowest BCUT2D eigenvalue weighted by Crippen LogP contribution is -2.30. The fourth-order valence-electron chi connectivity index (χ4n) is 2.26. The van der Waals surface area contributed by atoms with Crippen LogP contribution in [0.4, 0.5) is 4.39 Å². The van der Waals surface area contributed by atoms with Crippen molar-refractivity contribution in [1.29, 1.82) is 5.26 Å². The van der Waals surface area contributed by atoms with Gasteiger partial charge in [-0.05, 0) is 29.8 Å². The van der Waals surface area contributed by atoms with Crippen LogP contribution < -0.4 is 16.0 Å². The third-order valence-electron chi connectivity index (χ3n) is 3.45. The van der Waals surface area contributed by atoms with Crippen LogP contribution in [-0.2, 0) is 6.61 Å². The number of rotatable bonds is 4. The summed E-state index contributed by atoms with van der Waals surface area (Å²) >= 11 is 0. The zero-order chi connectivity index (χ0) is 17.8. The van der Waals surface area contributed by atoms with Gasteiger partial charge in [-0.2, -0.15) is 5.26 Å². The summed E-state index contributed by atoms with van der Waals surface area (Å²) in [7, 11) is 0. The predicted molar refractivity (Wildman–Crippen MR) is 88.1 cm³/mol. The van der Waals surface area contributed by atoms with Gasteiger partial charge in [0.15, 0.2) is 0 Å². The third-order valence-corrected chi connectivity index (χ3v) is 3.45. The van der Waals surface area contributed by atoms with E-state index in [1.807, 2.05) is 0 Å². The minimum Gasteiger partial charge on any atom is -0.489 e. The van der Waals surface area contributed by atoms with E-state index >= 15 is 0 Å². The third kappa shape index (κ3) is 3.64. The normalized spacial score (nSPS) is 10.2.